The number of benzene rings is 2. The third-order valence-electron chi connectivity index (χ3n) is 8.33. The number of piperidine rings is 2. The van der Waals surface area contributed by atoms with Crippen LogP contribution in [0.25, 0.3) is 6.08 Å². The molecule has 1 N–H and O–H groups in total. The fourth-order valence-corrected chi connectivity index (χ4v) is 6.26. The SMILES string of the molecule is CC1=NN(c2ccc(Cl)c(C(=O)O)c2)C(=O)/C1=C/c1cc([N+](=O)[O-])c(N2CCCC[C@H]2C)cc1N1CCCC[C@@H]1C. The van der Waals surface area contributed by atoms with Gasteiger partial charge in [0.25, 0.3) is 11.6 Å². The molecule has 2 saturated heterocycles. The van der Waals surface area contributed by atoms with Crippen LogP contribution in [0.1, 0.15) is 75.2 Å². The molecule has 3 heterocycles. The summed E-state index contributed by atoms with van der Waals surface area (Å²) < 4.78 is 0. The molecule has 0 aliphatic carbocycles. The fourth-order valence-electron chi connectivity index (χ4n) is 6.06. The van der Waals surface area contributed by atoms with Gasteiger partial charge in [0.15, 0.2) is 0 Å². The number of nitrogens with zero attached hydrogens (tertiary/aromatic N) is 5. The van der Waals surface area contributed by atoms with Gasteiger partial charge in [-0.05, 0) is 89.6 Å². The summed E-state index contributed by atoms with van der Waals surface area (Å²) >= 11 is 6.03. The number of aromatic carboxylic acids is 1. The number of rotatable bonds is 6. The molecule has 0 bridgehead atoms. The van der Waals surface area contributed by atoms with Crippen molar-refractivity contribution in [3.63, 3.8) is 0 Å². The molecule has 216 valence electrons. The molecular weight excluding hydrogens is 546 g/mol. The van der Waals surface area contributed by atoms with Crippen LogP contribution >= 0.6 is 11.6 Å². The minimum Gasteiger partial charge on any atom is -0.478 e. The Morgan fingerprint density at radius 1 is 1.05 bits per heavy atom. The van der Waals surface area contributed by atoms with E-state index in [2.05, 4.69) is 28.7 Å². The van der Waals surface area contributed by atoms with Crippen LogP contribution in [0, 0.1) is 10.1 Å². The van der Waals surface area contributed by atoms with Crippen LogP contribution in [0.5, 0.6) is 0 Å². The van der Waals surface area contributed by atoms with Crippen molar-refractivity contribution in [2.75, 3.05) is 27.9 Å². The highest BCUT2D eigenvalue weighted by molar-refractivity contribution is 6.34. The van der Waals surface area contributed by atoms with Gasteiger partial charge in [0, 0.05) is 42.5 Å². The predicted molar refractivity (Wildman–Crippen MR) is 161 cm³/mol. The number of hydrogen-bond acceptors (Lipinski definition) is 7. The lowest BCUT2D eigenvalue weighted by atomic mass is 9.97. The molecule has 2 atom stereocenters. The van der Waals surface area contributed by atoms with Gasteiger partial charge in [0.2, 0.25) is 0 Å². The summed E-state index contributed by atoms with van der Waals surface area (Å²) in [7, 11) is 0. The number of hydrogen-bond donors (Lipinski definition) is 1. The Hall–Kier alpha value is -3.92. The van der Waals surface area contributed by atoms with Crippen molar-refractivity contribution < 1.29 is 19.6 Å². The van der Waals surface area contributed by atoms with Gasteiger partial charge >= 0.3 is 5.97 Å². The maximum atomic E-state index is 13.6. The second kappa shape index (κ2) is 11.5. The van der Waals surface area contributed by atoms with E-state index in [0.29, 0.717) is 17.0 Å². The predicted octanol–water partition coefficient (Wildman–Crippen LogP) is 6.51. The van der Waals surface area contributed by atoms with Crippen molar-refractivity contribution in [1.82, 2.24) is 0 Å². The number of amides is 1. The van der Waals surface area contributed by atoms with Crippen molar-refractivity contribution in [3.8, 4) is 0 Å². The Morgan fingerprint density at radius 3 is 2.27 bits per heavy atom. The lowest BCUT2D eigenvalue weighted by molar-refractivity contribution is -0.384. The van der Waals surface area contributed by atoms with E-state index in [9.17, 15) is 24.8 Å². The maximum absolute atomic E-state index is 13.6. The molecule has 3 aliphatic rings. The molecule has 1 amide bonds. The van der Waals surface area contributed by atoms with E-state index in [1.54, 1.807) is 19.1 Å². The lowest BCUT2D eigenvalue weighted by Crippen LogP contribution is -2.39. The minimum atomic E-state index is -1.21. The molecule has 41 heavy (non-hydrogen) atoms. The van der Waals surface area contributed by atoms with E-state index in [0.717, 1.165) is 62.3 Å². The quantitative estimate of drug-likeness (QED) is 0.235. The van der Waals surface area contributed by atoms with Crippen LogP contribution in [-0.4, -0.2) is 52.8 Å². The average Bonchev–Trinajstić information content (AvgIpc) is 3.22. The van der Waals surface area contributed by atoms with Crippen LogP contribution in [0.15, 0.2) is 41.0 Å². The first kappa shape index (κ1) is 28.6. The molecule has 10 nitrogen and oxygen atoms in total. The van der Waals surface area contributed by atoms with E-state index in [4.69, 9.17) is 11.6 Å². The summed E-state index contributed by atoms with van der Waals surface area (Å²) in [4.78, 5) is 41.7. The maximum Gasteiger partial charge on any atom is 0.337 e. The number of nitro groups is 1. The van der Waals surface area contributed by atoms with Crippen LogP contribution in [0.2, 0.25) is 5.02 Å². The Labute approximate surface area is 244 Å². The molecule has 0 spiro atoms. The van der Waals surface area contributed by atoms with Gasteiger partial charge in [-0.1, -0.05) is 11.6 Å². The molecule has 2 aromatic carbocycles. The Kier molecular flexibility index (Phi) is 8.04. The van der Waals surface area contributed by atoms with Crippen molar-refractivity contribution in [1.29, 1.82) is 0 Å². The van der Waals surface area contributed by atoms with Crippen molar-refractivity contribution >= 4 is 58.0 Å². The zero-order chi connectivity index (χ0) is 29.4. The van der Waals surface area contributed by atoms with Crippen LogP contribution < -0.4 is 14.8 Å². The zero-order valence-electron chi connectivity index (χ0n) is 23.5. The monoisotopic (exact) mass is 579 g/mol. The third-order valence-corrected chi connectivity index (χ3v) is 8.66. The molecular formula is C30H34ClN5O5. The van der Waals surface area contributed by atoms with Gasteiger partial charge in [-0.2, -0.15) is 10.1 Å². The highest BCUT2D eigenvalue weighted by Gasteiger charge is 2.33. The smallest absolute Gasteiger partial charge is 0.337 e. The summed E-state index contributed by atoms with van der Waals surface area (Å²) in [5, 5.41) is 27.5. The minimum absolute atomic E-state index is 0.0136. The first-order chi connectivity index (χ1) is 19.6. The molecule has 2 aromatic rings. The van der Waals surface area contributed by atoms with Gasteiger partial charge in [-0.25, -0.2) is 4.79 Å². The van der Waals surface area contributed by atoms with Crippen LogP contribution in [-0.2, 0) is 4.79 Å². The Balaban J connectivity index is 1.62. The number of nitro benzene ring substituents is 1. The van der Waals surface area contributed by atoms with Gasteiger partial charge in [-0.15, -0.1) is 0 Å². The van der Waals surface area contributed by atoms with Gasteiger partial charge in [0.1, 0.15) is 5.69 Å². The van der Waals surface area contributed by atoms with Gasteiger partial charge < -0.3 is 14.9 Å². The molecule has 0 aromatic heterocycles. The molecule has 5 rings (SSSR count). The van der Waals surface area contributed by atoms with Crippen molar-refractivity contribution in [2.45, 2.75) is 71.4 Å². The number of halogens is 1. The summed E-state index contributed by atoms with van der Waals surface area (Å²) in [6.07, 6.45) is 7.90. The molecule has 2 fully saturated rings. The molecule has 11 heteroatoms. The first-order valence-electron chi connectivity index (χ1n) is 14.1. The van der Waals surface area contributed by atoms with E-state index < -0.39 is 11.9 Å². The van der Waals surface area contributed by atoms with Crippen molar-refractivity contribution in [3.05, 3.63) is 62.2 Å². The zero-order valence-corrected chi connectivity index (χ0v) is 24.2. The number of hydrazone groups is 1. The second-order valence-corrected chi connectivity index (χ2v) is 11.5. The van der Waals surface area contributed by atoms with Gasteiger partial charge in [0.05, 0.1) is 32.5 Å². The highest BCUT2D eigenvalue weighted by Crippen LogP contribution is 2.41. The second-order valence-electron chi connectivity index (χ2n) is 11.1. The third kappa shape index (κ3) is 5.53. The van der Waals surface area contributed by atoms with Gasteiger partial charge in [-0.3, -0.25) is 14.9 Å². The largest absolute Gasteiger partial charge is 0.478 e. The molecule has 3 aliphatic heterocycles. The topological polar surface area (TPSA) is 120 Å². The summed E-state index contributed by atoms with van der Waals surface area (Å²) in [5.41, 5.74) is 2.92. The average molecular weight is 580 g/mol. The number of carboxylic acids is 1. The molecule has 0 radical (unpaired) electrons. The lowest BCUT2D eigenvalue weighted by Gasteiger charge is -2.39. The number of carboxylic acid groups (broad SMARTS) is 1. The fraction of sp³-hybridized carbons (Fsp3) is 0.433. The Morgan fingerprint density at radius 2 is 1.68 bits per heavy atom. The van der Waals surface area contributed by atoms with Crippen LogP contribution in [0.3, 0.4) is 0 Å². The van der Waals surface area contributed by atoms with E-state index in [-0.39, 0.29) is 44.5 Å². The Bertz CT molecular complexity index is 1470. The molecule has 0 unspecified atom stereocenters. The molecule has 0 saturated carbocycles. The van der Waals surface area contributed by atoms with E-state index in [1.165, 1.54) is 18.2 Å². The normalized spacial score (nSPS) is 22.3. The van der Waals surface area contributed by atoms with Crippen molar-refractivity contribution in [2.24, 2.45) is 5.10 Å². The van der Waals surface area contributed by atoms with E-state index in [1.807, 2.05) is 6.07 Å². The number of anilines is 3. The first-order valence-corrected chi connectivity index (χ1v) is 14.4. The summed E-state index contributed by atoms with van der Waals surface area (Å²) in [5.74, 6) is -1.66. The van der Waals surface area contributed by atoms with Crippen LogP contribution in [0.4, 0.5) is 22.7 Å². The standard InChI is InChI=1S/C30H34ClN5O5/c1-18-8-4-6-12-33(18)26-17-27(34-13-7-5-9-19(34)2)28(36(40)41)15-21(26)14-23-20(3)32-35(29(23)37)22-10-11-25(31)24(16-22)30(38)39/h10-11,14-19H,4-9,12-13H2,1-3H3,(H,38,39)/b23-14+/t18-,19+/m0/s1. The highest BCUT2D eigenvalue weighted by atomic mass is 35.5. The summed E-state index contributed by atoms with van der Waals surface area (Å²) in [6.45, 7) is 7.55. The van der Waals surface area contributed by atoms with E-state index >= 15 is 0 Å². The number of carbonyl (C=O) groups is 2. The number of carbonyl (C=O) groups excluding carboxylic acids is 1. The summed E-state index contributed by atoms with van der Waals surface area (Å²) in [6, 6.07) is 8.22.